The summed E-state index contributed by atoms with van der Waals surface area (Å²) in [5.41, 5.74) is -0.106. The maximum atomic E-state index is 13.5. The van der Waals surface area contributed by atoms with Crippen molar-refractivity contribution in [3.63, 3.8) is 0 Å². The Morgan fingerprint density at radius 1 is 0.867 bits per heavy atom. The topological polar surface area (TPSA) is 87.3 Å². The molecule has 0 atom stereocenters. The summed E-state index contributed by atoms with van der Waals surface area (Å²) in [5, 5.41) is 6.51. The smallest absolute Gasteiger partial charge is 0.351 e. The molecular formula is C19H16F5N3O3. The Morgan fingerprint density at radius 3 is 2.13 bits per heavy atom. The first-order chi connectivity index (χ1) is 14.0. The molecule has 0 aliphatic carbocycles. The minimum absolute atomic E-state index is 0.0224. The van der Waals surface area contributed by atoms with Gasteiger partial charge in [-0.25, -0.2) is 8.78 Å². The Kier molecular flexibility index (Phi) is 7.45. The van der Waals surface area contributed by atoms with Gasteiger partial charge in [-0.2, -0.15) is 13.2 Å². The van der Waals surface area contributed by atoms with E-state index >= 15 is 0 Å². The van der Waals surface area contributed by atoms with Gasteiger partial charge in [0.15, 0.2) is 0 Å². The summed E-state index contributed by atoms with van der Waals surface area (Å²) in [6, 6.07) is 7.60. The van der Waals surface area contributed by atoms with E-state index in [1.807, 2.05) is 0 Å². The molecule has 2 rings (SSSR count). The van der Waals surface area contributed by atoms with Gasteiger partial charge in [0, 0.05) is 30.3 Å². The lowest BCUT2D eigenvalue weighted by Crippen LogP contribution is -2.33. The van der Waals surface area contributed by atoms with Crippen LogP contribution in [0.1, 0.15) is 27.1 Å². The maximum absolute atomic E-state index is 13.5. The van der Waals surface area contributed by atoms with Crippen LogP contribution in [0.4, 0.5) is 27.6 Å². The van der Waals surface area contributed by atoms with Crippen molar-refractivity contribution in [3.8, 4) is 0 Å². The van der Waals surface area contributed by atoms with E-state index in [2.05, 4.69) is 10.6 Å². The molecule has 160 valence electrons. The van der Waals surface area contributed by atoms with E-state index in [0.717, 1.165) is 12.1 Å². The summed E-state index contributed by atoms with van der Waals surface area (Å²) in [6.45, 7) is -1.59. The van der Waals surface area contributed by atoms with Crippen molar-refractivity contribution in [2.45, 2.75) is 12.6 Å². The van der Waals surface area contributed by atoms with Crippen LogP contribution < -0.4 is 16.0 Å². The van der Waals surface area contributed by atoms with Crippen LogP contribution >= 0.6 is 0 Å². The number of halogens is 5. The number of nitrogens with one attached hydrogen (secondary N) is 3. The highest BCUT2D eigenvalue weighted by molar-refractivity contribution is 5.96. The lowest BCUT2D eigenvalue weighted by atomic mass is 10.2. The van der Waals surface area contributed by atoms with Crippen molar-refractivity contribution in [3.05, 3.63) is 65.2 Å². The Balaban J connectivity index is 1.79. The fourth-order valence-corrected chi connectivity index (χ4v) is 2.27. The Labute approximate surface area is 167 Å². The molecule has 0 heterocycles. The fourth-order valence-electron chi connectivity index (χ4n) is 2.27. The van der Waals surface area contributed by atoms with Gasteiger partial charge in [0.05, 0.1) is 5.56 Å². The van der Waals surface area contributed by atoms with Crippen molar-refractivity contribution < 1.29 is 36.3 Å². The second kappa shape index (κ2) is 9.81. The molecule has 0 aliphatic rings. The summed E-state index contributed by atoms with van der Waals surface area (Å²) in [4.78, 5) is 35.3. The highest BCUT2D eigenvalue weighted by atomic mass is 19.4. The summed E-state index contributed by atoms with van der Waals surface area (Å²) in [7, 11) is 0. The van der Waals surface area contributed by atoms with Gasteiger partial charge in [0.1, 0.15) is 18.2 Å². The molecule has 0 spiro atoms. The molecule has 0 bridgehead atoms. The lowest BCUT2D eigenvalue weighted by Gasteiger charge is -2.10. The monoisotopic (exact) mass is 429 g/mol. The van der Waals surface area contributed by atoms with E-state index in [0.29, 0.717) is 6.07 Å². The minimum atomic E-state index is -4.53. The van der Waals surface area contributed by atoms with Crippen LogP contribution in [0.2, 0.25) is 0 Å². The summed E-state index contributed by atoms with van der Waals surface area (Å²) in [6.07, 6.45) is -4.69. The highest BCUT2D eigenvalue weighted by Gasteiger charge is 2.27. The summed E-state index contributed by atoms with van der Waals surface area (Å²) in [5.74, 6) is -4.09. The molecule has 30 heavy (non-hydrogen) atoms. The van der Waals surface area contributed by atoms with Gasteiger partial charge in [-0.3, -0.25) is 14.4 Å². The van der Waals surface area contributed by atoms with Gasteiger partial charge in [-0.05, 0) is 36.4 Å². The Bertz CT molecular complexity index is 930. The molecule has 11 heteroatoms. The molecule has 6 nitrogen and oxygen atoms in total. The zero-order valence-electron chi connectivity index (χ0n) is 15.3. The van der Waals surface area contributed by atoms with Crippen LogP contribution in [-0.4, -0.2) is 37.0 Å². The minimum Gasteiger partial charge on any atom is -0.351 e. The van der Waals surface area contributed by atoms with Gasteiger partial charge >= 0.3 is 6.18 Å². The molecule has 0 aliphatic heterocycles. The van der Waals surface area contributed by atoms with E-state index in [1.165, 1.54) is 24.3 Å². The molecule has 0 unspecified atom stereocenters. The van der Waals surface area contributed by atoms with Gasteiger partial charge in [-0.15, -0.1) is 0 Å². The molecule has 2 aromatic carbocycles. The molecule has 2 aromatic rings. The largest absolute Gasteiger partial charge is 0.405 e. The van der Waals surface area contributed by atoms with E-state index in [4.69, 9.17) is 0 Å². The number of benzene rings is 2. The average Bonchev–Trinajstić information content (AvgIpc) is 2.66. The molecule has 0 saturated heterocycles. The summed E-state index contributed by atoms with van der Waals surface area (Å²) < 4.78 is 62.6. The van der Waals surface area contributed by atoms with E-state index in [9.17, 15) is 36.3 Å². The predicted octanol–water partition coefficient (Wildman–Crippen LogP) is 3.02. The molecule has 0 radical (unpaired) electrons. The zero-order valence-corrected chi connectivity index (χ0v) is 15.3. The van der Waals surface area contributed by atoms with Crippen LogP contribution in [-0.2, 0) is 4.79 Å². The van der Waals surface area contributed by atoms with Gasteiger partial charge in [0.2, 0.25) is 5.91 Å². The molecule has 3 N–H and O–H groups in total. The van der Waals surface area contributed by atoms with Crippen molar-refractivity contribution >= 4 is 23.4 Å². The Morgan fingerprint density at radius 2 is 1.53 bits per heavy atom. The molecule has 0 saturated carbocycles. The first kappa shape index (κ1) is 22.8. The zero-order chi connectivity index (χ0) is 22.3. The quantitative estimate of drug-likeness (QED) is 0.592. The lowest BCUT2D eigenvalue weighted by molar-refractivity contribution is -0.123. The fraction of sp³-hybridized carbons (Fsp3) is 0.211. The van der Waals surface area contributed by atoms with Crippen LogP contribution in [0.25, 0.3) is 0 Å². The van der Waals surface area contributed by atoms with Crippen molar-refractivity contribution in [1.82, 2.24) is 10.6 Å². The van der Waals surface area contributed by atoms with Crippen LogP contribution in [0.15, 0.2) is 42.5 Å². The molecule has 0 aromatic heterocycles. The number of hydrogen-bond donors (Lipinski definition) is 3. The molecular weight excluding hydrogens is 413 g/mol. The van der Waals surface area contributed by atoms with Crippen LogP contribution in [0, 0.1) is 11.6 Å². The first-order valence-electron chi connectivity index (χ1n) is 8.53. The third-order valence-corrected chi connectivity index (χ3v) is 3.69. The Hall–Kier alpha value is -3.50. The molecule has 3 amide bonds. The third-order valence-electron chi connectivity index (χ3n) is 3.69. The number of amides is 3. The number of carbonyl (C=O) groups is 3. The van der Waals surface area contributed by atoms with Crippen molar-refractivity contribution in [1.29, 1.82) is 0 Å². The standard InChI is InChI=1S/C19H16F5N3O3/c20-12-3-6-14(15(21)9-12)18(30)25-8-7-16(28)27-13-4-1-11(2-5-13)17(29)26-10-19(22,23)24/h1-6,9H,7-8,10H2,(H,25,30)(H,26,29)(H,27,28). The predicted molar refractivity (Wildman–Crippen MR) is 96.8 cm³/mol. The normalized spacial score (nSPS) is 11.0. The van der Waals surface area contributed by atoms with Gasteiger partial charge < -0.3 is 16.0 Å². The van der Waals surface area contributed by atoms with Crippen molar-refractivity contribution in [2.24, 2.45) is 0 Å². The van der Waals surface area contributed by atoms with Crippen LogP contribution in [0.3, 0.4) is 0 Å². The maximum Gasteiger partial charge on any atom is 0.405 e. The molecule has 0 fully saturated rings. The van der Waals surface area contributed by atoms with Crippen molar-refractivity contribution in [2.75, 3.05) is 18.4 Å². The number of rotatable bonds is 7. The number of anilines is 1. The summed E-state index contributed by atoms with van der Waals surface area (Å²) >= 11 is 0. The van der Waals surface area contributed by atoms with E-state index in [-0.39, 0.29) is 29.8 Å². The van der Waals surface area contributed by atoms with E-state index in [1.54, 1.807) is 5.32 Å². The highest BCUT2D eigenvalue weighted by Crippen LogP contribution is 2.14. The number of hydrogen-bond acceptors (Lipinski definition) is 3. The van der Waals surface area contributed by atoms with Gasteiger partial charge in [0.25, 0.3) is 11.8 Å². The van der Waals surface area contributed by atoms with Gasteiger partial charge in [-0.1, -0.05) is 0 Å². The second-order valence-electron chi connectivity index (χ2n) is 6.05. The third kappa shape index (κ3) is 7.15. The van der Waals surface area contributed by atoms with Crippen LogP contribution in [0.5, 0.6) is 0 Å². The first-order valence-corrected chi connectivity index (χ1v) is 8.53. The number of alkyl halides is 3. The average molecular weight is 429 g/mol. The SMILES string of the molecule is O=C(CCNC(=O)c1ccc(F)cc1F)Nc1ccc(C(=O)NCC(F)(F)F)cc1. The number of carbonyl (C=O) groups excluding carboxylic acids is 3. The van der Waals surface area contributed by atoms with E-state index < -0.39 is 42.1 Å². The second-order valence-corrected chi connectivity index (χ2v) is 6.05.